The van der Waals surface area contributed by atoms with Crippen LogP contribution in [0.5, 0.6) is 0 Å². The lowest BCUT2D eigenvalue weighted by Crippen LogP contribution is -2.30. The Labute approximate surface area is 188 Å². The molecule has 2 aromatic heterocycles. The largest absolute Gasteiger partial charge is 0.330 e. The zero-order valence-corrected chi connectivity index (χ0v) is 18.1. The Bertz CT molecular complexity index is 1240. The second-order valence-corrected chi connectivity index (χ2v) is 9.00. The van der Waals surface area contributed by atoms with Crippen LogP contribution in [0.25, 0.3) is 22.5 Å². The molecule has 0 fully saturated rings. The molecule has 8 heteroatoms. The van der Waals surface area contributed by atoms with E-state index in [1.54, 1.807) is 33.1 Å². The molecule has 5 rings (SSSR count). The summed E-state index contributed by atoms with van der Waals surface area (Å²) < 4.78 is 27.5. The van der Waals surface area contributed by atoms with Gasteiger partial charge in [-0.15, -0.1) is 11.3 Å². The van der Waals surface area contributed by atoms with Gasteiger partial charge >= 0.3 is 0 Å². The normalized spacial score (nSPS) is 13.1. The average Bonchev–Trinajstić information content (AvgIpc) is 3.47. The fraction of sp³-hybridized carbons (Fsp3) is 0.208. The number of hydrogen-bond acceptors (Lipinski definition) is 4. The molecule has 0 saturated carbocycles. The van der Waals surface area contributed by atoms with Crippen LogP contribution in [0.3, 0.4) is 0 Å². The van der Waals surface area contributed by atoms with Gasteiger partial charge in [0, 0.05) is 16.0 Å². The van der Waals surface area contributed by atoms with Crippen molar-refractivity contribution in [2.24, 2.45) is 0 Å². The van der Waals surface area contributed by atoms with Gasteiger partial charge in [0.25, 0.3) is 6.43 Å². The predicted molar refractivity (Wildman–Crippen MR) is 119 cm³/mol. The van der Waals surface area contributed by atoms with Crippen molar-refractivity contribution in [2.45, 2.75) is 33.0 Å². The number of benzene rings is 2. The highest BCUT2D eigenvalue weighted by Gasteiger charge is 2.27. The molecule has 162 valence electrons. The summed E-state index contributed by atoms with van der Waals surface area (Å²) in [4.78, 5) is 20.5. The maximum absolute atomic E-state index is 13.1. The van der Waals surface area contributed by atoms with Crippen LogP contribution in [0, 0.1) is 6.92 Å². The maximum Gasteiger partial charge on any atom is 0.263 e. The van der Waals surface area contributed by atoms with Gasteiger partial charge in [0.05, 0.1) is 35.2 Å². The van der Waals surface area contributed by atoms with Gasteiger partial charge in [0.2, 0.25) is 5.91 Å². The van der Waals surface area contributed by atoms with E-state index in [2.05, 4.69) is 10.1 Å². The third-order valence-electron chi connectivity index (χ3n) is 5.51. The number of alkyl halides is 2. The van der Waals surface area contributed by atoms with Crippen molar-refractivity contribution in [3.05, 3.63) is 81.8 Å². The molecule has 1 aliphatic heterocycles. The van der Waals surface area contributed by atoms with E-state index in [0.29, 0.717) is 18.8 Å². The SMILES string of the molecule is Cc1nc2c(s1)CN(C(=O)Cn1nc(-c3ccc(C(F)F)cc3)cc1-c1ccccc1)C2. The molecule has 0 saturated heterocycles. The van der Waals surface area contributed by atoms with Gasteiger partial charge in [-0.25, -0.2) is 13.8 Å². The third-order valence-corrected chi connectivity index (χ3v) is 6.50. The van der Waals surface area contributed by atoms with Crippen LogP contribution in [0.2, 0.25) is 0 Å². The number of carbonyl (C=O) groups excluding carboxylic acids is 1. The average molecular weight is 451 g/mol. The van der Waals surface area contributed by atoms with Gasteiger partial charge in [-0.2, -0.15) is 5.10 Å². The molecule has 0 N–H and O–H groups in total. The van der Waals surface area contributed by atoms with Crippen LogP contribution in [0.15, 0.2) is 60.7 Å². The second kappa shape index (κ2) is 8.27. The lowest BCUT2D eigenvalue weighted by Gasteiger charge is -2.16. The second-order valence-electron chi connectivity index (χ2n) is 7.71. The summed E-state index contributed by atoms with van der Waals surface area (Å²) in [5.74, 6) is -0.0345. The van der Waals surface area contributed by atoms with E-state index in [-0.39, 0.29) is 18.0 Å². The highest BCUT2D eigenvalue weighted by molar-refractivity contribution is 7.11. The molecule has 0 aliphatic carbocycles. The highest BCUT2D eigenvalue weighted by Crippen LogP contribution is 2.30. The van der Waals surface area contributed by atoms with E-state index >= 15 is 0 Å². The summed E-state index contributed by atoms with van der Waals surface area (Å²) in [5.41, 5.74) is 4.04. The smallest absolute Gasteiger partial charge is 0.263 e. The Morgan fingerprint density at radius 3 is 2.50 bits per heavy atom. The van der Waals surface area contributed by atoms with Crippen molar-refractivity contribution in [3.8, 4) is 22.5 Å². The fourth-order valence-corrected chi connectivity index (χ4v) is 4.85. The van der Waals surface area contributed by atoms with E-state index < -0.39 is 6.43 Å². The molecule has 0 atom stereocenters. The van der Waals surface area contributed by atoms with Crippen molar-refractivity contribution in [3.63, 3.8) is 0 Å². The van der Waals surface area contributed by atoms with Crippen molar-refractivity contribution < 1.29 is 13.6 Å². The number of thiazole rings is 1. The van der Waals surface area contributed by atoms with Crippen molar-refractivity contribution in [1.29, 1.82) is 0 Å². The molecule has 4 aromatic rings. The zero-order valence-electron chi connectivity index (χ0n) is 17.3. The van der Waals surface area contributed by atoms with Gasteiger partial charge in [-0.3, -0.25) is 9.48 Å². The van der Waals surface area contributed by atoms with Gasteiger partial charge in [-0.1, -0.05) is 54.6 Å². The summed E-state index contributed by atoms with van der Waals surface area (Å²) in [6.07, 6.45) is -2.51. The van der Waals surface area contributed by atoms with E-state index in [4.69, 9.17) is 0 Å². The van der Waals surface area contributed by atoms with Crippen LogP contribution < -0.4 is 0 Å². The highest BCUT2D eigenvalue weighted by atomic mass is 32.1. The van der Waals surface area contributed by atoms with Crippen LogP contribution in [-0.4, -0.2) is 25.6 Å². The van der Waals surface area contributed by atoms with E-state index in [1.165, 1.54) is 12.1 Å². The van der Waals surface area contributed by atoms with Crippen molar-refractivity contribution >= 4 is 17.2 Å². The Hall–Kier alpha value is -3.39. The molecule has 0 unspecified atom stereocenters. The standard InChI is InChI=1S/C24H20F2N4OS/c1-15-27-20-12-29(13-22(20)32-15)23(31)14-30-21(17-5-3-2-4-6-17)11-19(28-30)16-7-9-18(10-8-16)24(25)26/h2-11,24H,12-14H2,1H3. The summed E-state index contributed by atoms with van der Waals surface area (Å²) in [6, 6.07) is 17.7. The van der Waals surface area contributed by atoms with Crippen LogP contribution in [0.1, 0.15) is 27.6 Å². The van der Waals surface area contributed by atoms with Crippen molar-refractivity contribution in [2.75, 3.05) is 0 Å². The third kappa shape index (κ3) is 3.93. The van der Waals surface area contributed by atoms with Crippen LogP contribution >= 0.6 is 11.3 Å². The molecule has 3 heterocycles. The quantitative estimate of drug-likeness (QED) is 0.406. The number of amides is 1. The number of carbonyl (C=O) groups is 1. The molecule has 0 bridgehead atoms. The molecule has 1 amide bonds. The maximum atomic E-state index is 13.1. The van der Waals surface area contributed by atoms with Crippen LogP contribution in [0.4, 0.5) is 8.78 Å². The first-order valence-electron chi connectivity index (χ1n) is 10.2. The van der Waals surface area contributed by atoms with Crippen LogP contribution in [-0.2, 0) is 24.4 Å². The minimum absolute atomic E-state index is 0.0306. The van der Waals surface area contributed by atoms with E-state index in [9.17, 15) is 13.6 Å². The van der Waals surface area contributed by atoms with Crippen molar-refractivity contribution in [1.82, 2.24) is 19.7 Å². The number of aromatic nitrogens is 3. The fourth-order valence-electron chi connectivity index (χ4n) is 3.89. The summed E-state index contributed by atoms with van der Waals surface area (Å²) >= 11 is 1.63. The van der Waals surface area contributed by atoms with Gasteiger partial charge < -0.3 is 4.90 Å². The minimum Gasteiger partial charge on any atom is -0.330 e. The number of halogens is 2. The zero-order chi connectivity index (χ0) is 22.2. The topological polar surface area (TPSA) is 51.0 Å². The first-order chi connectivity index (χ1) is 15.5. The molecule has 0 radical (unpaired) electrons. The summed E-state index contributed by atoms with van der Waals surface area (Å²) in [7, 11) is 0. The molecule has 5 nitrogen and oxygen atoms in total. The monoisotopic (exact) mass is 450 g/mol. The Balaban J connectivity index is 1.44. The molecular formula is C24H20F2N4OS. The first kappa shape index (κ1) is 20.5. The first-order valence-corrected chi connectivity index (χ1v) is 11.0. The molecule has 1 aliphatic rings. The minimum atomic E-state index is -2.51. The van der Waals surface area contributed by atoms with Gasteiger partial charge in [0.15, 0.2) is 0 Å². The summed E-state index contributed by atoms with van der Waals surface area (Å²) in [6.45, 7) is 3.15. The Kier molecular flexibility index (Phi) is 5.30. The molecular weight excluding hydrogens is 430 g/mol. The summed E-state index contributed by atoms with van der Waals surface area (Å²) in [5, 5.41) is 5.68. The molecule has 2 aromatic carbocycles. The number of nitrogens with zero attached hydrogens (tertiary/aromatic N) is 4. The number of fused-ring (bicyclic) bond motifs is 1. The van der Waals surface area contributed by atoms with E-state index in [1.807, 2.05) is 43.3 Å². The van der Waals surface area contributed by atoms with Gasteiger partial charge in [-0.05, 0) is 18.6 Å². The lowest BCUT2D eigenvalue weighted by molar-refractivity contribution is -0.132. The Morgan fingerprint density at radius 1 is 1.06 bits per heavy atom. The van der Waals surface area contributed by atoms with Gasteiger partial charge in [0.1, 0.15) is 6.54 Å². The molecule has 32 heavy (non-hydrogen) atoms. The number of hydrogen-bond donors (Lipinski definition) is 0. The Morgan fingerprint density at radius 2 is 1.81 bits per heavy atom. The molecule has 0 spiro atoms. The number of aryl methyl sites for hydroxylation is 1. The number of rotatable bonds is 5. The lowest BCUT2D eigenvalue weighted by atomic mass is 10.1. The predicted octanol–water partition coefficient (Wildman–Crippen LogP) is 5.46. The van der Waals surface area contributed by atoms with E-state index in [0.717, 1.165) is 32.4 Å².